The number of ether oxygens (including phenoxy) is 3. The van der Waals surface area contributed by atoms with Crippen LogP contribution in [0.2, 0.25) is 0 Å². The Balaban J connectivity index is 1.89. The number of nitrogens with zero attached hydrogens (tertiary/aromatic N) is 1. The van der Waals surface area contributed by atoms with Gasteiger partial charge in [-0.2, -0.15) is 4.31 Å². The Morgan fingerprint density at radius 1 is 1.06 bits per heavy atom. The summed E-state index contributed by atoms with van der Waals surface area (Å²) in [6.07, 6.45) is -1.24. The van der Waals surface area contributed by atoms with Gasteiger partial charge in [0, 0.05) is 36.8 Å². The average Bonchev–Trinajstić information content (AvgIpc) is 2.78. The number of benzene rings is 2. The highest BCUT2D eigenvalue weighted by atomic mass is 79.9. The number of piperidine rings is 1. The molecule has 1 aliphatic rings. The first-order valence-corrected chi connectivity index (χ1v) is 13.0. The molecule has 0 radical (unpaired) electrons. The van der Waals surface area contributed by atoms with Gasteiger partial charge in [0.1, 0.15) is 34.9 Å². The smallest absolute Gasteiger partial charge is 0.250 e. The van der Waals surface area contributed by atoms with E-state index >= 15 is 0 Å². The Bertz CT molecular complexity index is 1040. The van der Waals surface area contributed by atoms with Crippen molar-refractivity contribution in [2.24, 2.45) is 0 Å². The Hall–Kier alpha value is -1.91. The van der Waals surface area contributed by atoms with E-state index in [9.17, 15) is 17.2 Å². The van der Waals surface area contributed by atoms with Crippen molar-refractivity contribution in [3.8, 4) is 17.2 Å². The van der Waals surface area contributed by atoms with E-state index in [0.717, 1.165) is 9.87 Å². The fourth-order valence-electron chi connectivity index (χ4n) is 3.27. The minimum atomic E-state index is -4.07. The number of halogens is 3. The third-order valence-corrected chi connectivity index (χ3v) is 8.17. The molecule has 0 bridgehead atoms. The molecular weight excluding hydrogens is 520 g/mol. The van der Waals surface area contributed by atoms with Gasteiger partial charge >= 0.3 is 0 Å². The number of sulfonamides is 1. The molecule has 0 aliphatic carbocycles. The van der Waals surface area contributed by atoms with Crippen LogP contribution in [0.1, 0.15) is 32.3 Å². The van der Waals surface area contributed by atoms with Crippen molar-refractivity contribution >= 4 is 26.0 Å². The van der Waals surface area contributed by atoms with Gasteiger partial charge in [-0.1, -0.05) is 28.1 Å². The minimum Gasteiger partial charge on any atom is -0.497 e. The molecule has 182 valence electrons. The Labute approximate surface area is 202 Å². The van der Waals surface area contributed by atoms with Gasteiger partial charge < -0.3 is 14.2 Å². The third-order valence-electron chi connectivity index (χ3n) is 5.51. The molecule has 0 saturated carbocycles. The van der Waals surface area contributed by atoms with Gasteiger partial charge in [-0.05, 0) is 43.7 Å². The van der Waals surface area contributed by atoms with Crippen LogP contribution in [0.4, 0.5) is 8.78 Å². The maximum absolute atomic E-state index is 13.6. The fraction of sp³-hybridized carbons (Fsp3) is 0.478. The first kappa shape index (κ1) is 25.7. The molecule has 1 fully saturated rings. The number of methoxy groups -OCH3 is 1. The first-order valence-electron chi connectivity index (χ1n) is 10.6. The van der Waals surface area contributed by atoms with Crippen LogP contribution in [0.5, 0.6) is 17.2 Å². The van der Waals surface area contributed by atoms with Crippen LogP contribution < -0.4 is 14.2 Å². The summed E-state index contributed by atoms with van der Waals surface area (Å²) < 4.78 is 72.0. The zero-order valence-electron chi connectivity index (χ0n) is 18.8. The quantitative estimate of drug-likeness (QED) is 0.401. The highest BCUT2D eigenvalue weighted by Gasteiger charge is 2.39. The molecule has 0 aromatic heterocycles. The zero-order chi connectivity index (χ0) is 24.2. The fourth-order valence-corrected chi connectivity index (χ4v) is 4.96. The van der Waals surface area contributed by atoms with Gasteiger partial charge in [0.15, 0.2) is 0 Å². The van der Waals surface area contributed by atoms with Crippen molar-refractivity contribution in [1.29, 1.82) is 0 Å². The van der Waals surface area contributed by atoms with Crippen LogP contribution in [0, 0.1) is 0 Å². The monoisotopic (exact) mass is 547 g/mol. The summed E-state index contributed by atoms with van der Waals surface area (Å²) in [7, 11) is -2.50. The van der Waals surface area contributed by atoms with Crippen molar-refractivity contribution in [3.63, 3.8) is 0 Å². The van der Waals surface area contributed by atoms with E-state index in [1.165, 1.54) is 12.1 Å². The molecular formula is C23H28BrF2NO5S. The van der Waals surface area contributed by atoms with Crippen molar-refractivity contribution in [3.05, 3.63) is 48.0 Å². The van der Waals surface area contributed by atoms with Crippen LogP contribution in [0.3, 0.4) is 0 Å². The topological polar surface area (TPSA) is 65.1 Å². The van der Waals surface area contributed by atoms with E-state index in [1.807, 2.05) is 26.0 Å². The van der Waals surface area contributed by atoms with Gasteiger partial charge in [0.2, 0.25) is 10.0 Å². The van der Waals surface area contributed by atoms with Gasteiger partial charge in [-0.15, -0.1) is 0 Å². The lowest BCUT2D eigenvalue weighted by atomic mass is 10.1. The summed E-state index contributed by atoms with van der Waals surface area (Å²) in [6, 6.07) is 11.8. The Morgan fingerprint density at radius 2 is 1.67 bits per heavy atom. The second-order valence-electron chi connectivity index (χ2n) is 8.01. The second-order valence-corrected chi connectivity index (χ2v) is 11.4. The van der Waals surface area contributed by atoms with Crippen LogP contribution in [0.25, 0.3) is 0 Å². The molecule has 1 saturated heterocycles. The maximum Gasteiger partial charge on any atom is 0.250 e. The van der Waals surface area contributed by atoms with Crippen LogP contribution >= 0.6 is 15.9 Å². The average molecular weight is 548 g/mol. The molecule has 10 heteroatoms. The summed E-state index contributed by atoms with van der Waals surface area (Å²) >= 11 is 3.45. The van der Waals surface area contributed by atoms with Crippen molar-refractivity contribution < 1.29 is 31.4 Å². The summed E-state index contributed by atoms with van der Waals surface area (Å²) in [4.78, 5) is -0.0685. The molecule has 0 N–H and O–H groups in total. The number of hydrogen-bond acceptors (Lipinski definition) is 5. The largest absolute Gasteiger partial charge is 0.497 e. The lowest BCUT2D eigenvalue weighted by molar-refractivity contribution is -0.0412. The van der Waals surface area contributed by atoms with E-state index in [4.69, 9.17) is 14.2 Å². The van der Waals surface area contributed by atoms with E-state index in [1.54, 1.807) is 25.3 Å². The molecule has 2 aromatic carbocycles. The highest BCUT2D eigenvalue weighted by molar-refractivity contribution is 9.09. The standard InChI is InChI=1S/C23H28BrF2NO5S/c1-16(24)17(2)32-20-8-9-21(31-15-18-4-6-19(30-3)7-5-18)22(14-20)33(28,29)27-12-10-23(25,26)11-13-27/h4-9,14,16-17H,10-13,15H2,1-3H3/t16?,17-/m0/s1. The third kappa shape index (κ3) is 6.58. The van der Waals surface area contributed by atoms with E-state index in [2.05, 4.69) is 15.9 Å². The van der Waals surface area contributed by atoms with E-state index in [0.29, 0.717) is 11.5 Å². The first-order chi connectivity index (χ1) is 15.5. The summed E-state index contributed by atoms with van der Waals surface area (Å²) in [6.45, 7) is 3.39. The molecule has 0 spiro atoms. The minimum absolute atomic E-state index is 0.0351. The second kappa shape index (κ2) is 10.6. The number of alkyl halides is 3. The molecule has 2 aromatic rings. The lowest BCUT2D eigenvalue weighted by Crippen LogP contribution is -2.42. The van der Waals surface area contributed by atoms with E-state index < -0.39 is 28.8 Å². The molecule has 2 atom stereocenters. The number of rotatable bonds is 9. The van der Waals surface area contributed by atoms with Gasteiger partial charge in [-0.25, -0.2) is 17.2 Å². The molecule has 1 unspecified atom stereocenters. The highest BCUT2D eigenvalue weighted by Crippen LogP contribution is 2.36. The molecule has 6 nitrogen and oxygen atoms in total. The van der Waals surface area contributed by atoms with Gasteiger partial charge in [0.05, 0.1) is 7.11 Å². The normalized spacial score (nSPS) is 18.4. The number of hydrogen-bond donors (Lipinski definition) is 0. The lowest BCUT2D eigenvalue weighted by Gasteiger charge is -2.31. The SMILES string of the molecule is COc1ccc(COc2ccc(O[C@@H](C)C(C)Br)cc2S(=O)(=O)N2CCC(F)(F)CC2)cc1. The van der Waals surface area contributed by atoms with E-state index in [-0.39, 0.29) is 41.3 Å². The van der Waals surface area contributed by atoms with Crippen molar-refractivity contribution in [1.82, 2.24) is 4.31 Å². The molecule has 0 amide bonds. The molecule has 1 aliphatic heterocycles. The summed E-state index contributed by atoms with van der Waals surface area (Å²) in [5, 5.41) is 0. The zero-order valence-corrected chi connectivity index (χ0v) is 21.2. The molecule has 33 heavy (non-hydrogen) atoms. The van der Waals surface area contributed by atoms with Crippen molar-refractivity contribution in [2.45, 2.75) is 55.0 Å². The Kier molecular flexibility index (Phi) is 8.23. The maximum atomic E-state index is 13.6. The van der Waals surface area contributed by atoms with Crippen LogP contribution in [0.15, 0.2) is 47.4 Å². The predicted molar refractivity (Wildman–Crippen MR) is 125 cm³/mol. The summed E-state index contributed by atoms with van der Waals surface area (Å²) in [5.74, 6) is -1.67. The predicted octanol–water partition coefficient (Wildman–Crippen LogP) is 5.24. The van der Waals surface area contributed by atoms with Crippen LogP contribution in [-0.2, 0) is 16.6 Å². The Morgan fingerprint density at radius 3 is 2.24 bits per heavy atom. The van der Waals surface area contributed by atoms with Gasteiger partial charge in [0.25, 0.3) is 5.92 Å². The van der Waals surface area contributed by atoms with Gasteiger partial charge in [-0.3, -0.25) is 0 Å². The van der Waals surface area contributed by atoms with Crippen LogP contribution in [-0.4, -0.2) is 49.8 Å². The molecule has 1 heterocycles. The summed E-state index contributed by atoms with van der Waals surface area (Å²) in [5.41, 5.74) is 0.818. The van der Waals surface area contributed by atoms with Crippen molar-refractivity contribution in [2.75, 3.05) is 20.2 Å². The molecule has 3 rings (SSSR count).